The van der Waals surface area contributed by atoms with Crippen molar-refractivity contribution in [3.63, 3.8) is 0 Å². The third-order valence-corrected chi connectivity index (χ3v) is 9.13. The van der Waals surface area contributed by atoms with Crippen molar-refractivity contribution in [3.8, 4) is 0 Å². The SMILES string of the molecule is C=C(CCCCCCCC)C(OP(O)O)(c1ccc(C(C)(C)C)cc1C(C)(C)C)c1ccc(C(C)(C)C)cc1C(C)(C)C. The topological polar surface area (TPSA) is 49.7 Å². The molecule has 43 heavy (non-hydrogen) atoms. The standard InChI is InChI=1S/C39H63O3P/c1-15-16-17-18-19-20-21-28(2)39(42-43(40)41,31-24-22-29(35(3,4)5)26-33(31)37(9,10)11)32-25-23-30(36(6,7)8)27-34(32)38(12,13)14/h22-27,40-41H,2,15-21H2,1,3-14H3. The number of rotatable bonds is 12. The minimum absolute atomic E-state index is 0.0386. The Balaban J connectivity index is 3.04. The van der Waals surface area contributed by atoms with Crippen LogP contribution >= 0.6 is 8.60 Å². The number of hydrogen-bond acceptors (Lipinski definition) is 3. The van der Waals surface area contributed by atoms with Crippen molar-refractivity contribution in [1.29, 1.82) is 0 Å². The highest BCUT2D eigenvalue weighted by atomic mass is 31.2. The van der Waals surface area contributed by atoms with Gasteiger partial charge in [0.25, 0.3) is 0 Å². The molecule has 2 aromatic rings. The van der Waals surface area contributed by atoms with E-state index in [1.54, 1.807) is 0 Å². The number of hydrogen-bond donors (Lipinski definition) is 2. The molecule has 0 aliphatic rings. The second kappa shape index (κ2) is 14.3. The smallest absolute Gasteiger partial charge is 0.328 e. The predicted molar refractivity (Wildman–Crippen MR) is 188 cm³/mol. The van der Waals surface area contributed by atoms with Gasteiger partial charge in [-0.1, -0.05) is 165 Å². The molecule has 0 heterocycles. The quantitative estimate of drug-likeness (QED) is 0.143. The molecule has 0 bridgehead atoms. The number of benzene rings is 2. The summed E-state index contributed by atoms with van der Waals surface area (Å²) >= 11 is 0. The molecule has 0 spiro atoms. The fraction of sp³-hybridized carbons (Fsp3) is 0.641. The Bertz CT molecular complexity index is 1140. The summed E-state index contributed by atoms with van der Waals surface area (Å²) in [6.07, 6.45) is 7.77. The van der Waals surface area contributed by atoms with Crippen LogP contribution in [0.1, 0.15) is 168 Å². The van der Waals surface area contributed by atoms with E-state index in [0.717, 1.165) is 47.1 Å². The van der Waals surface area contributed by atoms with Gasteiger partial charge in [-0.25, -0.2) is 0 Å². The Hall–Kier alpha value is -1.51. The summed E-state index contributed by atoms with van der Waals surface area (Å²) < 4.78 is 6.57. The van der Waals surface area contributed by atoms with Gasteiger partial charge in [0.05, 0.1) is 0 Å². The molecule has 2 N–H and O–H groups in total. The van der Waals surface area contributed by atoms with Crippen molar-refractivity contribution in [1.82, 2.24) is 0 Å². The molecular formula is C39H63O3P. The largest absolute Gasteiger partial charge is 0.328 e. The van der Waals surface area contributed by atoms with E-state index in [4.69, 9.17) is 11.1 Å². The summed E-state index contributed by atoms with van der Waals surface area (Å²) in [5.74, 6) is 0. The molecule has 0 aromatic heterocycles. The van der Waals surface area contributed by atoms with E-state index >= 15 is 0 Å². The lowest BCUT2D eigenvalue weighted by molar-refractivity contribution is 0.118. The molecule has 0 atom stereocenters. The monoisotopic (exact) mass is 610 g/mol. The first-order valence-electron chi connectivity index (χ1n) is 16.4. The van der Waals surface area contributed by atoms with Gasteiger partial charge in [0.1, 0.15) is 5.60 Å². The van der Waals surface area contributed by atoms with E-state index in [1.807, 2.05) is 0 Å². The summed E-state index contributed by atoms with van der Waals surface area (Å²) in [6.45, 7) is 33.8. The minimum Gasteiger partial charge on any atom is -0.328 e. The normalized spacial score (nSPS) is 13.6. The summed E-state index contributed by atoms with van der Waals surface area (Å²) in [5, 5.41) is 0. The fourth-order valence-electron chi connectivity index (χ4n) is 5.98. The second-order valence-electron chi connectivity index (χ2n) is 16.7. The first kappa shape index (κ1) is 37.7. The number of unbranched alkanes of at least 4 members (excludes halogenated alkanes) is 5. The summed E-state index contributed by atoms with van der Waals surface area (Å²) in [6, 6.07) is 13.4. The third kappa shape index (κ3) is 9.49. The Morgan fingerprint density at radius 1 is 0.605 bits per heavy atom. The maximum atomic E-state index is 10.7. The van der Waals surface area contributed by atoms with Gasteiger partial charge in [-0.3, -0.25) is 4.52 Å². The lowest BCUT2D eigenvalue weighted by Gasteiger charge is -2.43. The molecule has 0 amide bonds. The van der Waals surface area contributed by atoms with Crippen LogP contribution in [0, 0.1) is 0 Å². The molecule has 0 saturated carbocycles. The molecule has 242 valence electrons. The van der Waals surface area contributed by atoms with Crippen LogP contribution in [0.3, 0.4) is 0 Å². The maximum Gasteiger partial charge on any atom is 0.328 e. The first-order chi connectivity index (χ1) is 19.6. The van der Waals surface area contributed by atoms with Crippen LogP contribution in [0.5, 0.6) is 0 Å². The molecule has 0 saturated heterocycles. The van der Waals surface area contributed by atoms with E-state index in [9.17, 15) is 9.79 Å². The zero-order valence-corrected chi connectivity index (χ0v) is 30.8. The Morgan fingerprint density at radius 3 is 1.35 bits per heavy atom. The van der Waals surface area contributed by atoms with Crippen LogP contribution in [-0.4, -0.2) is 9.79 Å². The van der Waals surface area contributed by atoms with Crippen LogP contribution in [0.4, 0.5) is 0 Å². The van der Waals surface area contributed by atoms with E-state index < -0.39 is 14.2 Å². The van der Waals surface area contributed by atoms with Gasteiger partial charge < -0.3 is 9.79 Å². The summed E-state index contributed by atoms with van der Waals surface area (Å²) in [7, 11) is -2.71. The van der Waals surface area contributed by atoms with Gasteiger partial charge in [-0.2, -0.15) is 0 Å². The van der Waals surface area contributed by atoms with Crippen LogP contribution in [0.25, 0.3) is 0 Å². The van der Waals surface area contributed by atoms with E-state index in [-0.39, 0.29) is 21.7 Å². The van der Waals surface area contributed by atoms with E-state index in [0.29, 0.717) is 0 Å². The van der Waals surface area contributed by atoms with Crippen LogP contribution in [0.2, 0.25) is 0 Å². The van der Waals surface area contributed by atoms with Gasteiger partial charge in [0.15, 0.2) is 0 Å². The lowest BCUT2D eigenvalue weighted by Crippen LogP contribution is -2.38. The molecule has 0 radical (unpaired) electrons. The highest BCUT2D eigenvalue weighted by molar-refractivity contribution is 7.39. The Labute approximate surface area is 266 Å². The van der Waals surface area contributed by atoms with Gasteiger partial charge in [0, 0.05) is 0 Å². The molecule has 0 aliphatic heterocycles. The molecule has 2 rings (SSSR count). The summed E-state index contributed by atoms with van der Waals surface area (Å²) in [5.41, 5.74) is 5.78. The molecule has 0 unspecified atom stereocenters. The summed E-state index contributed by atoms with van der Waals surface area (Å²) in [4.78, 5) is 21.5. The molecular weight excluding hydrogens is 547 g/mol. The van der Waals surface area contributed by atoms with Crippen molar-refractivity contribution in [2.24, 2.45) is 0 Å². The van der Waals surface area contributed by atoms with E-state index in [1.165, 1.54) is 36.8 Å². The van der Waals surface area contributed by atoms with Gasteiger partial charge in [-0.05, 0) is 73.5 Å². The highest BCUT2D eigenvalue weighted by Gasteiger charge is 2.46. The molecule has 3 nitrogen and oxygen atoms in total. The van der Waals surface area contributed by atoms with Crippen molar-refractivity contribution in [3.05, 3.63) is 81.9 Å². The predicted octanol–water partition coefficient (Wildman–Crippen LogP) is 11.7. The van der Waals surface area contributed by atoms with Crippen molar-refractivity contribution >= 4 is 8.60 Å². The van der Waals surface area contributed by atoms with E-state index in [2.05, 4.69) is 126 Å². The first-order valence-corrected chi connectivity index (χ1v) is 17.6. The Kier molecular flexibility index (Phi) is 12.5. The zero-order valence-electron chi connectivity index (χ0n) is 29.9. The molecule has 2 aromatic carbocycles. The molecule has 4 heteroatoms. The molecule has 0 fully saturated rings. The average molecular weight is 611 g/mol. The fourth-order valence-corrected chi connectivity index (χ4v) is 6.55. The van der Waals surface area contributed by atoms with Crippen LogP contribution < -0.4 is 0 Å². The van der Waals surface area contributed by atoms with Gasteiger partial charge in [0.2, 0.25) is 0 Å². The molecule has 0 aliphatic carbocycles. The minimum atomic E-state index is -2.71. The van der Waals surface area contributed by atoms with Crippen molar-refractivity contribution < 1.29 is 14.3 Å². The lowest BCUT2D eigenvalue weighted by atomic mass is 9.67. The second-order valence-corrected chi connectivity index (χ2v) is 17.4. The van der Waals surface area contributed by atoms with Crippen LogP contribution in [-0.2, 0) is 31.8 Å². The van der Waals surface area contributed by atoms with Crippen molar-refractivity contribution in [2.45, 2.75) is 162 Å². The van der Waals surface area contributed by atoms with Crippen molar-refractivity contribution in [2.75, 3.05) is 0 Å². The maximum absolute atomic E-state index is 10.7. The zero-order chi connectivity index (χ0) is 33.0. The van der Waals surface area contributed by atoms with Gasteiger partial charge >= 0.3 is 8.60 Å². The van der Waals surface area contributed by atoms with Crippen LogP contribution in [0.15, 0.2) is 48.6 Å². The average Bonchev–Trinajstić information content (AvgIpc) is 2.86. The Morgan fingerprint density at radius 2 is 1.00 bits per heavy atom. The van der Waals surface area contributed by atoms with Gasteiger partial charge in [-0.15, -0.1) is 0 Å². The highest BCUT2D eigenvalue weighted by Crippen LogP contribution is 2.54. The third-order valence-electron chi connectivity index (χ3n) is 8.69.